The predicted molar refractivity (Wildman–Crippen MR) is 121 cm³/mol. The van der Waals surface area contributed by atoms with Gasteiger partial charge in [0.2, 0.25) is 0 Å². The molecule has 1 atom stereocenters. The summed E-state index contributed by atoms with van der Waals surface area (Å²) < 4.78 is 2.35. The minimum absolute atomic E-state index is 0.0634. The molecule has 4 heteroatoms. The van der Waals surface area contributed by atoms with Crippen LogP contribution in [0.3, 0.4) is 0 Å². The summed E-state index contributed by atoms with van der Waals surface area (Å²) in [4.78, 5) is 5.10. The molecule has 1 N–H and O–H groups in total. The van der Waals surface area contributed by atoms with Gasteiger partial charge >= 0.3 is 0 Å². The van der Waals surface area contributed by atoms with Gasteiger partial charge in [-0.3, -0.25) is 5.10 Å². The largest absolute Gasteiger partial charge is 0.323 e. The number of aromatic amines is 1. The van der Waals surface area contributed by atoms with Gasteiger partial charge in [-0.25, -0.2) is 4.98 Å². The van der Waals surface area contributed by atoms with Gasteiger partial charge in [0.15, 0.2) is 0 Å². The zero-order valence-electron chi connectivity index (χ0n) is 17.0. The summed E-state index contributed by atoms with van der Waals surface area (Å²) in [5.74, 6) is 1.11. The first-order chi connectivity index (χ1) is 14.8. The zero-order valence-corrected chi connectivity index (χ0v) is 17.0. The number of benzene rings is 3. The van der Waals surface area contributed by atoms with Crippen LogP contribution in [0.2, 0.25) is 0 Å². The Bertz CT molecular complexity index is 1250. The molecule has 4 nitrogen and oxygen atoms in total. The van der Waals surface area contributed by atoms with Crippen molar-refractivity contribution >= 4 is 11.0 Å². The van der Waals surface area contributed by atoms with Crippen LogP contribution >= 0.6 is 0 Å². The highest BCUT2D eigenvalue weighted by molar-refractivity contribution is 5.76. The molecule has 0 spiro atoms. The van der Waals surface area contributed by atoms with E-state index in [1.165, 1.54) is 11.1 Å². The predicted octanol–water partition coefficient (Wildman–Crippen LogP) is 5.49. The summed E-state index contributed by atoms with van der Waals surface area (Å²) in [6, 6.07) is 31.7. The minimum atomic E-state index is 0.0634. The Balaban J connectivity index is 1.66. The van der Waals surface area contributed by atoms with Crippen LogP contribution in [0.5, 0.6) is 0 Å². The third-order valence-corrected chi connectivity index (χ3v) is 5.54. The molecule has 3 aromatic carbocycles. The normalized spacial score (nSPS) is 12.3. The molecule has 5 rings (SSSR count). The second-order valence-corrected chi connectivity index (χ2v) is 7.75. The van der Waals surface area contributed by atoms with Crippen molar-refractivity contribution in [1.82, 2.24) is 19.7 Å². The Morgan fingerprint density at radius 3 is 2.20 bits per heavy atom. The average molecular weight is 393 g/mol. The summed E-state index contributed by atoms with van der Waals surface area (Å²) in [5.41, 5.74) is 6.81. The quantitative estimate of drug-likeness (QED) is 0.415. The molecule has 5 aromatic rings. The Morgan fingerprint density at radius 1 is 0.833 bits per heavy atom. The van der Waals surface area contributed by atoms with Crippen LogP contribution in [0.25, 0.3) is 11.0 Å². The van der Waals surface area contributed by atoms with Crippen LogP contribution in [-0.2, 0) is 13.0 Å². The van der Waals surface area contributed by atoms with Crippen molar-refractivity contribution in [3.63, 3.8) is 0 Å². The molecule has 0 bridgehead atoms. The number of aromatic nitrogens is 4. The molecule has 0 aliphatic carbocycles. The molecule has 0 radical (unpaired) electrons. The topological polar surface area (TPSA) is 46.5 Å². The zero-order chi connectivity index (χ0) is 20.3. The lowest BCUT2D eigenvalue weighted by atomic mass is 9.95. The lowest BCUT2D eigenvalue weighted by molar-refractivity contribution is 0.651. The fourth-order valence-electron chi connectivity index (χ4n) is 4.09. The van der Waals surface area contributed by atoms with Gasteiger partial charge in [0.25, 0.3) is 0 Å². The summed E-state index contributed by atoms with van der Waals surface area (Å²) in [5, 5.41) is 7.75. The second kappa shape index (κ2) is 7.99. The fourth-order valence-corrected chi connectivity index (χ4v) is 4.09. The van der Waals surface area contributed by atoms with Gasteiger partial charge in [0.05, 0.1) is 22.6 Å². The van der Waals surface area contributed by atoms with E-state index in [1.807, 2.05) is 6.92 Å². The van der Waals surface area contributed by atoms with Gasteiger partial charge in [-0.15, -0.1) is 0 Å². The molecule has 0 saturated carbocycles. The Labute approximate surface area is 176 Å². The number of H-pyrrole nitrogens is 1. The molecule has 0 aliphatic rings. The molecular weight excluding hydrogens is 368 g/mol. The number of hydrogen-bond donors (Lipinski definition) is 1. The van der Waals surface area contributed by atoms with Crippen molar-refractivity contribution in [2.75, 3.05) is 0 Å². The van der Waals surface area contributed by atoms with Crippen LogP contribution in [0.4, 0.5) is 0 Å². The fraction of sp³-hybridized carbons (Fsp3) is 0.154. The van der Waals surface area contributed by atoms with Crippen LogP contribution < -0.4 is 0 Å². The van der Waals surface area contributed by atoms with E-state index >= 15 is 0 Å². The number of aryl methyl sites for hydroxylation is 1. The number of nitrogens with one attached hydrogen (secondary N) is 1. The summed E-state index contributed by atoms with van der Waals surface area (Å²) in [6.07, 6.45) is 0.850. The van der Waals surface area contributed by atoms with Crippen molar-refractivity contribution in [3.8, 4) is 0 Å². The highest BCUT2D eigenvalue weighted by atomic mass is 15.1. The van der Waals surface area contributed by atoms with E-state index in [9.17, 15) is 0 Å². The van der Waals surface area contributed by atoms with Gasteiger partial charge in [0.1, 0.15) is 5.82 Å². The van der Waals surface area contributed by atoms with Crippen molar-refractivity contribution in [2.45, 2.75) is 25.8 Å². The molecule has 0 amide bonds. The lowest BCUT2D eigenvalue weighted by Gasteiger charge is -2.18. The van der Waals surface area contributed by atoms with E-state index in [2.05, 4.69) is 106 Å². The van der Waals surface area contributed by atoms with Crippen molar-refractivity contribution in [3.05, 3.63) is 119 Å². The smallest absolute Gasteiger partial charge is 0.119 e. The molecule has 0 saturated heterocycles. The maximum absolute atomic E-state index is 5.10. The first kappa shape index (κ1) is 18.4. The molecule has 0 fully saturated rings. The standard InChI is InChI=1S/C26H24N4/c1-19-16-24(29-28-19)22(17-20-10-4-2-5-11-20)26-27-23-14-8-9-15-25(23)30(26)18-21-12-6-3-7-13-21/h2-16,22H,17-18H2,1H3,(H,28,29)/t22-/m1/s1. The first-order valence-electron chi connectivity index (χ1n) is 10.3. The number of nitrogens with zero attached hydrogens (tertiary/aromatic N) is 3. The van der Waals surface area contributed by atoms with Crippen molar-refractivity contribution < 1.29 is 0 Å². The van der Waals surface area contributed by atoms with Crippen LogP contribution in [0, 0.1) is 6.92 Å². The van der Waals surface area contributed by atoms with Gasteiger partial charge in [-0.1, -0.05) is 72.8 Å². The number of fused-ring (bicyclic) bond motifs is 1. The summed E-state index contributed by atoms with van der Waals surface area (Å²) >= 11 is 0. The van der Waals surface area contributed by atoms with Crippen molar-refractivity contribution in [1.29, 1.82) is 0 Å². The lowest BCUT2D eigenvalue weighted by Crippen LogP contribution is -2.14. The summed E-state index contributed by atoms with van der Waals surface area (Å²) in [6.45, 7) is 2.83. The molecule has 0 aliphatic heterocycles. The van der Waals surface area contributed by atoms with E-state index < -0.39 is 0 Å². The van der Waals surface area contributed by atoms with E-state index in [4.69, 9.17) is 4.98 Å². The monoisotopic (exact) mass is 392 g/mol. The van der Waals surface area contributed by atoms with Gasteiger partial charge in [-0.2, -0.15) is 5.10 Å². The molecule has 148 valence electrons. The number of imidazole rings is 1. The number of hydrogen-bond acceptors (Lipinski definition) is 2. The van der Waals surface area contributed by atoms with Gasteiger partial charge in [0, 0.05) is 12.2 Å². The highest BCUT2D eigenvalue weighted by Crippen LogP contribution is 2.31. The molecule has 2 heterocycles. The van der Waals surface area contributed by atoms with E-state index in [0.29, 0.717) is 0 Å². The third-order valence-electron chi connectivity index (χ3n) is 5.54. The van der Waals surface area contributed by atoms with Crippen molar-refractivity contribution in [2.24, 2.45) is 0 Å². The molecule has 30 heavy (non-hydrogen) atoms. The average Bonchev–Trinajstić information content (AvgIpc) is 3.37. The second-order valence-electron chi connectivity index (χ2n) is 7.75. The maximum atomic E-state index is 5.10. The number of para-hydroxylation sites is 2. The number of rotatable bonds is 6. The molecule has 2 aromatic heterocycles. The Kier molecular flexibility index (Phi) is 4.89. The van der Waals surface area contributed by atoms with Crippen LogP contribution in [0.15, 0.2) is 91.0 Å². The molecular formula is C26H24N4. The van der Waals surface area contributed by atoms with Crippen LogP contribution in [-0.4, -0.2) is 19.7 Å². The van der Waals surface area contributed by atoms with Gasteiger partial charge < -0.3 is 4.57 Å². The first-order valence-corrected chi connectivity index (χ1v) is 10.3. The van der Waals surface area contributed by atoms with E-state index in [-0.39, 0.29) is 5.92 Å². The van der Waals surface area contributed by atoms with E-state index in [0.717, 1.165) is 41.2 Å². The van der Waals surface area contributed by atoms with Gasteiger partial charge in [-0.05, 0) is 42.7 Å². The molecule has 0 unspecified atom stereocenters. The summed E-state index contributed by atoms with van der Waals surface area (Å²) in [7, 11) is 0. The SMILES string of the molecule is Cc1cc([C@@H](Cc2ccccc2)c2nc3ccccc3n2Cc2ccccc2)n[nH]1. The van der Waals surface area contributed by atoms with Crippen LogP contribution in [0.1, 0.15) is 34.3 Å². The Morgan fingerprint density at radius 2 is 1.50 bits per heavy atom. The highest BCUT2D eigenvalue weighted by Gasteiger charge is 2.24. The van der Waals surface area contributed by atoms with E-state index in [1.54, 1.807) is 0 Å². The minimum Gasteiger partial charge on any atom is -0.323 e. The Hall–Kier alpha value is -3.66. The third kappa shape index (κ3) is 3.64. The maximum Gasteiger partial charge on any atom is 0.119 e.